The van der Waals surface area contributed by atoms with E-state index < -0.39 is 28.6 Å². The van der Waals surface area contributed by atoms with E-state index in [0.717, 1.165) is 22.3 Å². The van der Waals surface area contributed by atoms with E-state index in [-0.39, 0.29) is 59.1 Å². The van der Waals surface area contributed by atoms with Crippen molar-refractivity contribution in [2.24, 2.45) is 0 Å². The standard InChI is InChI=1S/C31H27N7O7/c1-14-17-7-8-20(19(17)6-5-18(14)30(44)45)35-29(43)22-10-21(36-31-37-23(39)13-38(22)31)28(42)34-12-16-4-2-3-15(9-16)11-33-25-24(32)26(40)27(25)41/h2-6,9-10,13,20,33,39H,7-8,11-12,32H2,1H3,(H,34,42)(H,35,43)(H,44,45)/t20-/m0/s1. The first kappa shape index (κ1) is 29.0. The first-order valence-corrected chi connectivity index (χ1v) is 14.0. The van der Waals surface area contributed by atoms with Gasteiger partial charge in [-0.1, -0.05) is 30.3 Å². The monoisotopic (exact) mass is 609 g/mol. The number of benzene rings is 2. The summed E-state index contributed by atoms with van der Waals surface area (Å²) < 4.78 is 1.29. The zero-order valence-electron chi connectivity index (χ0n) is 23.9. The molecule has 3 aromatic carbocycles. The van der Waals surface area contributed by atoms with Crippen LogP contribution in [0.5, 0.6) is 5.88 Å². The van der Waals surface area contributed by atoms with Crippen molar-refractivity contribution < 1.29 is 24.6 Å². The Balaban J connectivity index is 1.17. The molecule has 14 heteroatoms. The maximum Gasteiger partial charge on any atom is 0.335 e. The largest absolute Gasteiger partial charge is 0.492 e. The number of carbonyl (C=O) groups excluding carboxylic acids is 2. The van der Waals surface area contributed by atoms with Gasteiger partial charge in [-0.25, -0.2) is 9.78 Å². The number of carboxylic acid groups (broad SMARTS) is 1. The van der Waals surface area contributed by atoms with Crippen molar-refractivity contribution in [1.82, 2.24) is 25.0 Å². The number of aromatic carboxylic acids is 1. The molecule has 2 amide bonds. The number of aromatic nitrogens is 3. The van der Waals surface area contributed by atoms with Gasteiger partial charge >= 0.3 is 5.97 Å². The molecule has 6 rings (SSSR count). The molecule has 45 heavy (non-hydrogen) atoms. The van der Waals surface area contributed by atoms with Gasteiger partial charge in [0.15, 0.2) is 0 Å². The summed E-state index contributed by atoms with van der Waals surface area (Å²) >= 11 is 0. The van der Waals surface area contributed by atoms with Crippen molar-refractivity contribution in [2.75, 3.05) is 11.1 Å². The van der Waals surface area contributed by atoms with Crippen molar-refractivity contribution in [1.29, 1.82) is 0 Å². The Morgan fingerprint density at radius 3 is 2.51 bits per heavy atom. The molecule has 228 valence electrons. The number of carbonyl (C=O) groups is 3. The average Bonchev–Trinajstić information content (AvgIpc) is 3.61. The number of rotatable bonds is 9. The minimum atomic E-state index is -1.01. The number of imidazole rings is 1. The number of amides is 2. The maximum atomic E-state index is 13.5. The van der Waals surface area contributed by atoms with Crippen LogP contribution in [0.1, 0.15) is 71.6 Å². The average molecular weight is 610 g/mol. The molecule has 0 saturated carbocycles. The number of aromatic hydroxyl groups is 1. The second-order valence-corrected chi connectivity index (χ2v) is 10.8. The van der Waals surface area contributed by atoms with Gasteiger partial charge in [0, 0.05) is 13.1 Å². The van der Waals surface area contributed by atoms with Gasteiger partial charge in [-0.2, -0.15) is 4.98 Å². The van der Waals surface area contributed by atoms with Gasteiger partial charge < -0.3 is 31.9 Å². The molecular weight excluding hydrogens is 582 g/mol. The topological polar surface area (TPSA) is 218 Å². The van der Waals surface area contributed by atoms with Crippen LogP contribution in [0.2, 0.25) is 0 Å². The quantitative estimate of drug-likeness (QED) is 0.132. The summed E-state index contributed by atoms with van der Waals surface area (Å²) in [5.74, 6) is -2.56. The molecule has 0 unspecified atom stereocenters. The summed E-state index contributed by atoms with van der Waals surface area (Å²) in [6.07, 6.45) is 2.39. The molecule has 1 aliphatic carbocycles. The van der Waals surface area contributed by atoms with E-state index in [1.54, 1.807) is 37.3 Å². The highest BCUT2D eigenvalue weighted by Gasteiger charge is 2.29. The molecule has 14 nitrogen and oxygen atoms in total. The van der Waals surface area contributed by atoms with Gasteiger partial charge in [-0.15, -0.1) is 0 Å². The third-order valence-corrected chi connectivity index (χ3v) is 7.98. The third kappa shape index (κ3) is 5.33. The number of anilines is 2. The minimum Gasteiger partial charge on any atom is -0.492 e. The van der Waals surface area contributed by atoms with Gasteiger partial charge in [0.05, 0.1) is 17.8 Å². The number of carboxylic acids is 1. The lowest BCUT2D eigenvalue weighted by Gasteiger charge is -2.16. The molecule has 0 spiro atoms. The molecule has 0 radical (unpaired) electrons. The fraction of sp³-hybridized carbons (Fsp3) is 0.194. The summed E-state index contributed by atoms with van der Waals surface area (Å²) in [4.78, 5) is 69.3. The zero-order valence-corrected chi connectivity index (χ0v) is 23.9. The van der Waals surface area contributed by atoms with Crippen LogP contribution in [0.25, 0.3) is 5.78 Å². The van der Waals surface area contributed by atoms with E-state index in [1.165, 1.54) is 22.7 Å². The van der Waals surface area contributed by atoms with Crippen LogP contribution in [0.3, 0.4) is 0 Å². The van der Waals surface area contributed by atoms with Crippen molar-refractivity contribution in [3.8, 4) is 5.88 Å². The van der Waals surface area contributed by atoms with Crippen LogP contribution in [0.15, 0.2) is 58.3 Å². The van der Waals surface area contributed by atoms with E-state index in [0.29, 0.717) is 18.4 Å². The first-order valence-electron chi connectivity index (χ1n) is 14.0. The zero-order chi connectivity index (χ0) is 32.0. The molecule has 0 bridgehead atoms. The molecule has 0 aliphatic heterocycles. The Hall–Kier alpha value is -6.05. The highest BCUT2D eigenvalue weighted by molar-refractivity contribution is 5.98. The Labute approximate surface area is 254 Å². The van der Waals surface area contributed by atoms with Crippen LogP contribution in [-0.2, 0) is 19.5 Å². The molecule has 1 aliphatic rings. The number of hydrogen-bond donors (Lipinski definition) is 6. The number of nitrogens with one attached hydrogen (secondary N) is 3. The lowest BCUT2D eigenvalue weighted by molar-refractivity contribution is 0.0695. The molecule has 5 aromatic rings. The highest BCUT2D eigenvalue weighted by atomic mass is 16.4. The molecule has 2 heterocycles. The Bertz CT molecular complexity index is 2110. The second kappa shape index (κ2) is 11.2. The lowest BCUT2D eigenvalue weighted by Crippen LogP contribution is -2.36. The van der Waals surface area contributed by atoms with Crippen molar-refractivity contribution in [2.45, 2.75) is 38.9 Å². The summed E-state index contributed by atoms with van der Waals surface area (Å²) in [6.45, 7) is 2.10. The van der Waals surface area contributed by atoms with Crippen molar-refractivity contribution in [3.63, 3.8) is 0 Å². The maximum absolute atomic E-state index is 13.5. The first-order chi connectivity index (χ1) is 21.5. The van der Waals surface area contributed by atoms with E-state index in [9.17, 15) is 34.2 Å². The molecule has 2 aromatic heterocycles. The number of fused-ring (bicyclic) bond motifs is 2. The van der Waals surface area contributed by atoms with Crippen LogP contribution in [0, 0.1) is 6.92 Å². The third-order valence-electron chi connectivity index (χ3n) is 7.98. The van der Waals surface area contributed by atoms with Crippen molar-refractivity contribution >= 4 is 34.9 Å². The van der Waals surface area contributed by atoms with Gasteiger partial charge in [0.25, 0.3) is 22.7 Å². The normalized spacial score (nSPS) is 13.9. The van der Waals surface area contributed by atoms with Crippen molar-refractivity contribution in [3.05, 3.63) is 114 Å². The summed E-state index contributed by atoms with van der Waals surface area (Å²) in [6, 6.07) is 11.3. The number of nitrogens with zero attached hydrogens (tertiary/aromatic N) is 3. The number of nitrogen functional groups attached to an aromatic ring is 1. The van der Waals surface area contributed by atoms with Gasteiger partial charge in [0.2, 0.25) is 11.7 Å². The summed E-state index contributed by atoms with van der Waals surface area (Å²) in [5, 5.41) is 28.1. The van der Waals surface area contributed by atoms with Crippen LogP contribution < -0.4 is 32.5 Å². The van der Waals surface area contributed by atoms with Gasteiger partial charge in [-0.3, -0.25) is 23.6 Å². The minimum absolute atomic E-state index is 0.0240. The SMILES string of the molecule is Cc1c(C(=O)O)ccc2c1CC[C@@H]2NC(=O)c1cc(C(=O)NCc2cccc(CNc3c(N)c(=O)c3=O)c2)nc2nc(O)cn12. The Morgan fingerprint density at radius 1 is 1.02 bits per heavy atom. The lowest BCUT2D eigenvalue weighted by atomic mass is 9.98. The van der Waals surface area contributed by atoms with Crippen LogP contribution in [-0.4, -0.2) is 42.4 Å². The van der Waals surface area contributed by atoms with E-state index in [4.69, 9.17) is 5.73 Å². The fourth-order valence-electron chi connectivity index (χ4n) is 5.64. The molecule has 1 atom stereocenters. The molecule has 0 fully saturated rings. The second-order valence-electron chi connectivity index (χ2n) is 10.8. The number of nitrogens with two attached hydrogens (primary N) is 1. The predicted molar refractivity (Wildman–Crippen MR) is 162 cm³/mol. The Kier molecular flexibility index (Phi) is 7.24. The van der Waals surface area contributed by atoms with Gasteiger partial charge in [-0.05, 0) is 59.7 Å². The Morgan fingerprint density at radius 2 is 1.78 bits per heavy atom. The summed E-state index contributed by atoms with van der Waals surface area (Å²) in [5.41, 5.74) is 8.23. The smallest absolute Gasteiger partial charge is 0.335 e. The van der Waals surface area contributed by atoms with E-state index >= 15 is 0 Å². The number of hydrogen-bond acceptors (Lipinski definition) is 10. The molecule has 7 N–H and O–H groups in total. The van der Waals surface area contributed by atoms with Crippen LogP contribution in [0.4, 0.5) is 11.4 Å². The van der Waals surface area contributed by atoms with Crippen LogP contribution >= 0.6 is 0 Å². The molecular formula is C31H27N7O7. The van der Waals surface area contributed by atoms with E-state index in [1.807, 2.05) is 0 Å². The summed E-state index contributed by atoms with van der Waals surface area (Å²) in [7, 11) is 0. The fourth-order valence-corrected chi connectivity index (χ4v) is 5.64. The van der Waals surface area contributed by atoms with E-state index in [2.05, 4.69) is 25.9 Å². The predicted octanol–water partition coefficient (Wildman–Crippen LogP) is 1.58. The highest BCUT2D eigenvalue weighted by Crippen LogP contribution is 2.35. The van der Waals surface area contributed by atoms with Gasteiger partial charge in [0.1, 0.15) is 22.8 Å². The molecule has 0 saturated heterocycles.